The Morgan fingerprint density at radius 2 is 2.17 bits per heavy atom. The van der Waals surface area contributed by atoms with Crippen molar-refractivity contribution in [2.45, 2.75) is 37.0 Å². The van der Waals surface area contributed by atoms with Crippen LogP contribution in [0.2, 0.25) is 0 Å². The van der Waals surface area contributed by atoms with E-state index in [1.165, 1.54) is 11.1 Å². The summed E-state index contributed by atoms with van der Waals surface area (Å²) in [7, 11) is 1.59. The summed E-state index contributed by atoms with van der Waals surface area (Å²) >= 11 is 0. The highest BCUT2D eigenvalue weighted by atomic mass is 19.1. The number of amides is 1. The fourth-order valence-corrected chi connectivity index (χ4v) is 4.69. The highest BCUT2D eigenvalue weighted by molar-refractivity contribution is 6.08. The molecule has 0 unspecified atom stereocenters. The van der Waals surface area contributed by atoms with Gasteiger partial charge in [-0.3, -0.25) is 9.69 Å². The Kier molecular flexibility index (Phi) is 3.73. The second kappa shape index (κ2) is 6.00. The van der Waals surface area contributed by atoms with Crippen LogP contribution in [0, 0.1) is 5.95 Å². The summed E-state index contributed by atoms with van der Waals surface area (Å²) in [5.74, 6) is -0.212. The molecule has 8 heteroatoms. The molecule has 3 atom stereocenters. The topological polar surface area (TPSA) is 90.0 Å². The summed E-state index contributed by atoms with van der Waals surface area (Å²) in [6.45, 7) is 2.44. The van der Waals surface area contributed by atoms with Gasteiger partial charge in [-0.2, -0.15) is 4.39 Å². The molecule has 29 heavy (non-hydrogen) atoms. The van der Waals surface area contributed by atoms with Crippen molar-refractivity contribution in [3.63, 3.8) is 0 Å². The molecule has 1 fully saturated rings. The number of pyridine rings is 1. The fourth-order valence-electron chi connectivity index (χ4n) is 4.69. The number of likely N-dealkylation sites (N-methyl/N-ethyl adjacent to an activating group) is 1. The van der Waals surface area contributed by atoms with Crippen LogP contribution in [-0.4, -0.2) is 47.1 Å². The van der Waals surface area contributed by atoms with Crippen LogP contribution >= 0.6 is 0 Å². The lowest BCUT2D eigenvalue weighted by atomic mass is 9.71. The minimum atomic E-state index is -1.36. The van der Waals surface area contributed by atoms with Gasteiger partial charge < -0.3 is 15.2 Å². The Bertz CT molecular complexity index is 1060. The van der Waals surface area contributed by atoms with Gasteiger partial charge in [-0.05, 0) is 49.6 Å². The van der Waals surface area contributed by atoms with E-state index in [1.54, 1.807) is 37.4 Å². The average Bonchev–Trinajstić information content (AvgIpc) is 2.93. The Labute approximate surface area is 167 Å². The molecule has 1 aromatic heterocycles. The van der Waals surface area contributed by atoms with Gasteiger partial charge in [-0.25, -0.2) is 9.98 Å². The molecule has 1 spiro atoms. The standard InChI is InChI=1S/C21H21FN4O3/c1-20-8-4-10-28-17(20)21(18(27)26(2)19(23)25-21)14-11-12(6-7-15(14)29-20)13-5-3-9-24-16(13)22/h3,5-7,9,11,17H,4,8,10H2,1-2H3,(H2,23,25)/t17-,20+,21-/m0/s1. The van der Waals surface area contributed by atoms with E-state index >= 15 is 0 Å². The van der Waals surface area contributed by atoms with E-state index in [-0.39, 0.29) is 11.9 Å². The van der Waals surface area contributed by atoms with Crippen LogP contribution in [0.4, 0.5) is 4.39 Å². The monoisotopic (exact) mass is 396 g/mol. The van der Waals surface area contributed by atoms with Gasteiger partial charge in [0.15, 0.2) is 5.96 Å². The molecule has 2 N–H and O–H groups in total. The molecule has 4 heterocycles. The number of nitrogens with zero attached hydrogens (tertiary/aromatic N) is 3. The third-order valence-electron chi connectivity index (χ3n) is 6.10. The molecule has 7 nitrogen and oxygen atoms in total. The molecular formula is C21H21FN4O3. The quantitative estimate of drug-likeness (QED) is 0.747. The molecule has 0 aliphatic carbocycles. The number of halogens is 1. The van der Waals surface area contributed by atoms with E-state index in [9.17, 15) is 9.18 Å². The summed E-state index contributed by atoms with van der Waals surface area (Å²) in [5.41, 5.74) is 5.41. The normalized spacial score (nSPS) is 30.6. The molecule has 0 saturated carbocycles. The number of carbonyl (C=O) groups excluding carboxylic acids is 1. The zero-order valence-electron chi connectivity index (χ0n) is 16.2. The number of hydrogen-bond donors (Lipinski definition) is 1. The number of aliphatic imine (C=N–C) groups is 1. The van der Waals surface area contributed by atoms with Crippen LogP contribution in [0.3, 0.4) is 0 Å². The SMILES string of the molecule is CN1C(=O)[C@]2(N=C1N)c1cc(-c3cccnc3F)ccc1O[C@]1(C)CCCO[C@@H]12. The van der Waals surface area contributed by atoms with E-state index in [4.69, 9.17) is 15.2 Å². The first-order valence-corrected chi connectivity index (χ1v) is 9.56. The van der Waals surface area contributed by atoms with Gasteiger partial charge in [0.05, 0.1) is 0 Å². The van der Waals surface area contributed by atoms with Crippen LogP contribution in [0.25, 0.3) is 11.1 Å². The zero-order valence-corrected chi connectivity index (χ0v) is 16.2. The zero-order chi connectivity index (χ0) is 20.4. The molecule has 1 amide bonds. The first-order valence-electron chi connectivity index (χ1n) is 9.56. The van der Waals surface area contributed by atoms with Crippen LogP contribution in [0.5, 0.6) is 5.75 Å². The van der Waals surface area contributed by atoms with Crippen molar-refractivity contribution in [3.05, 3.63) is 48.0 Å². The minimum absolute atomic E-state index is 0.123. The predicted octanol–water partition coefficient (Wildman–Crippen LogP) is 2.20. The van der Waals surface area contributed by atoms with Gasteiger partial charge in [0.2, 0.25) is 11.5 Å². The molecule has 0 radical (unpaired) electrons. The van der Waals surface area contributed by atoms with Gasteiger partial charge in [0.25, 0.3) is 5.91 Å². The summed E-state index contributed by atoms with van der Waals surface area (Å²) < 4.78 is 26.7. The number of carbonyl (C=O) groups is 1. The molecule has 1 saturated heterocycles. The molecule has 1 aromatic carbocycles. The summed E-state index contributed by atoms with van der Waals surface area (Å²) in [5, 5.41) is 0. The van der Waals surface area contributed by atoms with Gasteiger partial charge in [-0.1, -0.05) is 6.07 Å². The summed E-state index contributed by atoms with van der Waals surface area (Å²) in [4.78, 5) is 23.2. The molecular weight excluding hydrogens is 375 g/mol. The molecule has 0 bridgehead atoms. The lowest BCUT2D eigenvalue weighted by molar-refractivity contribution is -0.175. The third kappa shape index (κ3) is 2.35. The predicted molar refractivity (Wildman–Crippen MR) is 104 cm³/mol. The number of ether oxygens (including phenoxy) is 2. The van der Waals surface area contributed by atoms with E-state index < -0.39 is 23.2 Å². The lowest BCUT2D eigenvalue weighted by Gasteiger charge is -2.51. The van der Waals surface area contributed by atoms with E-state index in [0.29, 0.717) is 29.0 Å². The number of fused-ring (bicyclic) bond motifs is 4. The van der Waals surface area contributed by atoms with Gasteiger partial charge in [0, 0.05) is 31.0 Å². The summed E-state index contributed by atoms with van der Waals surface area (Å²) in [6, 6.07) is 8.56. The Hall–Kier alpha value is -3.00. The van der Waals surface area contributed by atoms with E-state index in [2.05, 4.69) is 9.98 Å². The number of nitrogens with two attached hydrogens (primary N) is 1. The van der Waals surface area contributed by atoms with Crippen LogP contribution < -0.4 is 10.5 Å². The number of rotatable bonds is 1. The lowest BCUT2D eigenvalue weighted by Crippen LogP contribution is -2.64. The molecule has 3 aliphatic heterocycles. The molecule has 3 aliphatic rings. The second-order valence-electron chi connectivity index (χ2n) is 7.92. The van der Waals surface area contributed by atoms with Gasteiger partial charge in [0.1, 0.15) is 17.5 Å². The van der Waals surface area contributed by atoms with Crippen molar-refractivity contribution in [3.8, 4) is 16.9 Å². The molecule has 150 valence electrons. The average molecular weight is 396 g/mol. The van der Waals surface area contributed by atoms with Crippen LogP contribution in [0.1, 0.15) is 25.3 Å². The number of aromatic nitrogens is 1. The van der Waals surface area contributed by atoms with Crippen molar-refractivity contribution >= 4 is 11.9 Å². The third-order valence-corrected chi connectivity index (χ3v) is 6.10. The van der Waals surface area contributed by atoms with Crippen LogP contribution in [-0.2, 0) is 15.1 Å². The maximum absolute atomic E-state index is 14.3. The highest BCUT2D eigenvalue weighted by Crippen LogP contribution is 2.53. The minimum Gasteiger partial charge on any atom is -0.484 e. The van der Waals surface area contributed by atoms with E-state index in [1.807, 2.05) is 6.92 Å². The van der Waals surface area contributed by atoms with Crippen molar-refractivity contribution < 1.29 is 18.7 Å². The largest absolute Gasteiger partial charge is 0.484 e. The van der Waals surface area contributed by atoms with Crippen molar-refractivity contribution in [1.82, 2.24) is 9.88 Å². The maximum atomic E-state index is 14.3. The van der Waals surface area contributed by atoms with E-state index in [0.717, 1.165) is 12.8 Å². The maximum Gasteiger partial charge on any atom is 0.264 e. The summed E-state index contributed by atoms with van der Waals surface area (Å²) in [6.07, 6.45) is 2.30. The molecule has 5 rings (SSSR count). The Balaban J connectivity index is 1.77. The van der Waals surface area contributed by atoms with Gasteiger partial charge in [-0.15, -0.1) is 0 Å². The Morgan fingerprint density at radius 1 is 1.34 bits per heavy atom. The first kappa shape index (κ1) is 18.1. The van der Waals surface area contributed by atoms with Crippen LogP contribution in [0.15, 0.2) is 41.5 Å². The number of guanidine groups is 1. The number of benzene rings is 1. The second-order valence-corrected chi connectivity index (χ2v) is 7.92. The van der Waals surface area contributed by atoms with Gasteiger partial charge >= 0.3 is 0 Å². The van der Waals surface area contributed by atoms with Crippen molar-refractivity contribution in [1.29, 1.82) is 0 Å². The van der Waals surface area contributed by atoms with Crippen molar-refractivity contribution in [2.75, 3.05) is 13.7 Å². The Morgan fingerprint density at radius 3 is 2.90 bits per heavy atom. The highest BCUT2D eigenvalue weighted by Gasteiger charge is 2.65. The number of hydrogen-bond acceptors (Lipinski definition) is 6. The molecule has 2 aromatic rings. The fraction of sp³-hybridized carbons (Fsp3) is 0.381. The smallest absolute Gasteiger partial charge is 0.264 e. The first-order chi connectivity index (χ1) is 13.9. The van der Waals surface area contributed by atoms with Crippen molar-refractivity contribution in [2.24, 2.45) is 10.7 Å².